The molecule has 0 radical (unpaired) electrons. The van der Waals surface area contributed by atoms with Crippen LogP contribution in [-0.2, 0) is 16.1 Å². The molecule has 0 spiro atoms. The van der Waals surface area contributed by atoms with Crippen LogP contribution in [0.3, 0.4) is 0 Å². The molecular weight excluding hydrogens is 361 g/mol. The third kappa shape index (κ3) is 3.41. The summed E-state index contributed by atoms with van der Waals surface area (Å²) in [6.45, 7) is 2.33. The van der Waals surface area contributed by atoms with Gasteiger partial charge in [0.2, 0.25) is 5.91 Å². The zero-order chi connectivity index (χ0) is 17.4. The Morgan fingerprint density at radius 2 is 2.16 bits per heavy atom. The van der Waals surface area contributed by atoms with Gasteiger partial charge >= 0.3 is 0 Å². The monoisotopic (exact) mass is 379 g/mol. The van der Waals surface area contributed by atoms with Crippen molar-refractivity contribution in [1.29, 1.82) is 0 Å². The predicted octanol–water partition coefficient (Wildman–Crippen LogP) is 3.57. The summed E-state index contributed by atoms with van der Waals surface area (Å²) in [5.74, 6) is 0.205. The van der Waals surface area contributed by atoms with E-state index in [9.17, 15) is 4.79 Å². The van der Waals surface area contributed by atoms with E-state index < -0.39 is 0 Å². The van der Waals surface area contributed by atoms with E-state index in [1.165, 1.54) is 0 Å². The number of halogens is 2. The molecule has 5 nitrogen and oxygen atoms in total. The number of aromatic nitrogens is 2. The highest BCUT2D eigenvalue weighted by Crippen LogP contribution is 2.49. The van der Waals surface area contributed by atoms with Gasteiger partial charge < -0.3 is 9.64 Å². The summed E-state index contributed by atoms with van der Waals surface area (Å²) < 4.78 is 7.71. The summed E-state index contributed by atoms with van der Waals surface area (Å²) >= 11 is 12.1. The van der Waals surface area contributed by atoms with Crippen LogP contribution in [0.25, 0.3) is 0 Å². The molecule has 2 fully saturated rings. The molecular formula is C18H19Cl2N3O2. The average Bonchev–Trinajstić information content (AvgIpc) is 3.22. The molecule has 4 rings (SSSR count). The van der Waals surface area contributed by atoms with Gasteiger partial charge in [-0.1, -0.05) is 29.3 Å². The fourth-order valence-corrected chi connectivity index (χ4v) is 3.68. The first kappa shape index (κ1) is 16.9. The number of nitrogens with zero attached hydrogens (tertiary/aromatic N) is 3. The van der Waals surface area contributed by atoms with Crippen molar-refractivity contribution in [3.8, 4) is 0 Å². The zero-order valence-corrected chi connectivity index (χ0v) is 15.2. The van der Waals surface area contributed by atoms with Crippen LogP contribution < -0.4 is 0 Å². The molecule has 0 unspecified atom stereocenters. The molecule has 25 heavy (non-hydrogen) atoms. The van der Waals surface area contributed by atoms with E-state index in [-0.39, 0.29) is 17.4 Å². The molecule has 2 aliphatic rings. The molecule has 1 amide bonds. The van der Waals surface area contributed by atoms with Crippen molar-refractivity contribution in [1.82, 2.24) is 14.7 Å². The SMILES string of the molecule is O=C(N1CCO[C@H](c2ccc(Cl)c(Cl)c2)C1)C1(Cn2cccn2)CC1. The summed E-state index contributed by atoms with van der Waals surface area (Å²) in [6.07, 6.45) is 5.31. The highest BCUT2D eigenvalue weighted by molar-refractivity contribution is 6.42. The number of carbonyl (C=O) groups is 1. The fourth-order valence-electron chi connectivity index (χ4n) is 3.38. The number of ether oxygens (including phenoxy) is 1. The van der Waals surface area contributed by atoms with Crippen LogP contribution in [0, 0.1) is 5.41 Å². The van der Waals surface area contributed by atoms with E-state index in [0.717, 1.165) is 18.4 Å². The molecule has 1 aliphatic heterocycles. The smallest absolute Gasteiger partial charge is 0.230 e. The number of carbonyl (C=O) groups excluding carboxylic acids is 1. The normalized spacial score (nSPS) is 22.0. The Balaban J connectivity index is 1.47. The summed E-state index contributed by atoms with van der Waals surface area (Å²) in [5.41, 5.74) is 0.648. The Labute approximate surface area is 156 Å². The van der Waals surface area contributed by atoms with Crippen LogP contribution in [0.2, 0.25) is 10.0 Å². The quantitative estimate of drug-likeness (QED) is 0.815. The first-order valence-corrected chi connectivity index (χ1v) is 9.16. The Morgan fingerprint density at radius 3 is 2.84 bits per heavy atom. The maximum absolute atomic E-state index is 13.1. The lowest BCUT2D eigenvalue weighted by Gasteiger charge is -2.35. The van der Waals surface area contributed by atoms with E-state index in [0.29, 0.717) is 36.3 Å². The van der Waals surface area contributed by atoms with Crippen LogP contribution in [0.1, 0.15) is 24.5 Å². The maximum Gasteiger partial charge on any atom is 0.230 e. The molecule has 2 heterocycles. The van der Waals surface area contributed by atoms with Crippen LogP contribution in [0.5, 0.6) is 0 Å². The number of hydrogen-bond donors (Lipinski definition) is 0. The molecule has 1 aromatic carbocycles. The number of hydrogen-bond acceptors (Lipinski definition) is 3. The maximum atomic E-state index is 13.1. The van der Waals surface area contributed by atoms with E-state index in [2.05, 4.69) is 5.10 Å². The summed E-state index contributed by atoms with van der Waals surface area (Å²) in [4.78, 5) is 15.0. The van der Waals surface area contributed by atoms with Crippen LogP contribution in [0.4, 0.5) is 0 Å². The average molecular weight is 380 g/mol. The largest absolute Gasteiger partial charge is 0.370 e. The Kier molecular flexibility index (Phi) is 4.48. The third-order valence-electron chi connectivity index (χ3n) is 5.00. The van der Waals surface area contributed by atoms with Gasteiger partial charge in [-0.15, -0.1) is 0 Å². The molecule has 1 aromatic heterocycles. The van der Waals surface area contributed by atoms with Crippen molar-refractivity contribution in [3.05, 3.63) is 52.3 Å². The summed E-state index contributed by atoms with van der Waals surface area (Å²) in [5, 5.41) is 5.27. The van der Waals surface area contributed by atoms with Gasteiger partial charge in [0, 0.05) is 18.9 Å². The van der Waals surface area contributed by atoms with Gasteiger partial charge in [0.1, 0.15) is 6.10 Å². The van der Waals surface area contributed by atoms with Crippen LogP contribution >= 0.6 is 23.2 Å². The van der Waals surface area contributed by atoms with Crippen molar-refractivity contribution in [2.75, 3.05) is 19.7 Å². The fraction of sp³-hybridized carbons (Fsp3) is 0.444. The van der Waals surface area contributed by atoms with Gasteiger partial charge in [-0.25, -0.2) is 0 Å². The standard InChI is InChI=1S/C18H19Cl2N3O2/c19-14-3-2-13(10-15(14)20)16-11-22(8-9-25-16)17(24)18(4-5-18)12-23-7-1-6-21-23/h1-3,6-7,10,16H,4-5,8-9,11-12H2/t16-/m0/s1. The molecule has 132 valence electrons. The first-order chi connectivity index (χ1) is 12.1. The zero-order valence-electron chi connectivity index (χ0n) is 13.7. The number of benzene rings is 1. The van der Waals surface area contributed by atoms with E-state index in [4.69, 9.17) is 27.9 Å². The van der Waals surface area contributed by atoms with Gasteiger partial charge in [0.15, 0.2) is 0 Å². The van der Waals surface area contributed by atoms with E-state index in [1.807, 2.05) is 34.0 Å². The Bertz CT molecular complexity index is 775. The molecule has 0 bridgehead atoms. The first-order valence-electron chi connectivity index (χ1n) is 8.41. The Morgan fingerprint density at radius 1 is 1.32 bits per heavy atom. The van der Waals surface area contributed by atoms with Crippen molar-refractivity contribution in [2.45, 2.75) is 25.5 Å². The molecule has 2 aromatic rings. The highest BCUT2D eigenvalue weighted by Gasteiger charge is 2.52. The second-order valence-electron chi connectivity index (χ2n) is 6.77. The number of morpholine rings is 1. The van der Waals surface area contributed by atoms with Gasteiger partial charge in [0.25, 0.3) is 0 Å². The van der Waals surface area contributed by atoms with Crippen LogP contribution in [0.15, 0.2) is 36.7 Å². The van der Waals surface area contributed by atoms with Crippen molar-refractivity contribution < 1.29 is 9.53 Å². The molecule has 1 saturated heterocycles. The lowest BCUT2D eigenvalue weighted by atomic mass is 10.0. The lowest BCUT2D eigenvalue weighted by Crippen LogP contribution is -2.46. The second kappa shape index (κ2) is 6.63. The van der Waals surface area contributed by atoms with Crippen molar-refractivity contribution in [2.24, 2.45) is 5.41 Å². The predicted molar refractivity (Wildman–Crippen MR) is 95.6 cm³/mol. The van der Waals surface area contributed by atoms with Crippen LogP contribution in [-0.4, -0.2) is 40.3 Å². The van der Waals surface area contributed by atoms with E-state index >= 15 is 0 Å². The van der Waals surface area contributed by atoms with Crippen molar-refractivity contribution >= 4 is 29.1 Å². The van der Waals surface area contributed by atoms with E-state index in [1.54, 1.807) is 12.3 Å². The molecule has 1 atom stereocenters. The van der Waals surface area contributed by atoms with Gasteiger partial charge in [-0.3, -0.25) is 9.48 Å². The van der Waals surface area contributed by atoms with Gasteiger partial charge in [-0.05, 0) is 36.6 Å². The Hall–Kier alpha value is -1.56. The van der Waals surface area contributed by atoms with Crippen molar-refractivity contribution in [3.63, 3.8) is 0 Å². The second-order valence-corrected chi connectivity index (χ2v) is 7.58. The minimum Gasteiger partial charge on any atom is -0.370 e. The third-order valence-corrected chi connectivity index (χ3v) is 5.74. The molecule has 1 saturated carbocycles. The minimum absolute atomic E-state index is 0.173. The molecule has 1 aliphatic carbocycles. The number of amides is 1. The van der Waals surface area contributed by atoms with Gasteiger partial charge in [0.05, 0.1) is 35.2 Å². The van der Waals surface area contributed by atoms with Gasteiger partial charge in [-0.2, -0.15) is 5.10 Å². The number of rotatable bonds is 4. The minimum atomic E-state index is -0.300. The lowest BCUT2D eigenvalue weighted by molar-refractivity contribution is -0.145. The topological polar surface area (TPSA) is 47.4 Å². The molecule has 7 heteroatoms. The molecule has 0 N–H and O–H groups in total. The summed E-state index contributed by atoms with van der Waals surface area (Å²) in [6, 6.07) is 7.38. The summed E-state index contributed by atoms with van der Waals surface area (Å²) in [7, 11) is 0. The highest BCUT2D eigenvalue weighted by atomic mass is 35.5.